The third-order valence-corrected chi connectivity index (χ3v) is 5.58. The minimum Gasteiger partial charge on any atom is -0.311 e. The van der Waals surface area contributed by atoms with Gasteiger partial charge in [-0.15, -0.1) is 0 Å². The van der Waals surface area contributed by atoms with Crippen molar-refractivity contribution in [1.29, 1.82) is 0 Å². The highest BCUT2D eigenvalue weighted by atomic mass is 35.5. The number of hydrogen-bond acceptors (Lipinski definition) is 3. The molecule has 1 heterocycles. The van der Waals surface area contributed by atoms with Crippen LogP contribution in [0.3, 0.4) is 0 Å². The van der Waals surface area contributed by atoms with E-state index in [1.54, 1.807) is 25.2 Å². The normalized spacial score (nSPS) is 15.6. The predicted molar refractivity (Wildman–Crippen MR) is 124 cm³/mol. The summed E-state index contributed by atoms with van der Waals surface area (Å²) in [6, 6.07) is 21.8. The predicted octanol–water partition coefficient (Wildman–Crippen LogP) is 4.61. The Morgan fingerprint density at radius 1 is 1.00 bits per heavy atom. The number of amides is 3. The number of hydrogen-bond donors (Lipinski definition) is 2. The van der Waals surface area contributed by atoms with Crippen LogP contribution in [-0.2, 0) is 4.79 Å². The number of nitrogens with one attached hydrogen (secondary N) is 2. The smallest absolute Gasteiger partial charge is 0.311 e. The average Bonchev–Trinajstić information content (AvgIpc) is 2.88. The van der Waals surface area contributed by atoms with Gasteiger partial charge in [0.15, 0.2) is 0 Å². The number of carbonyl (C=O) groups excluding carboxylic acids is 2. The largest absolute Gasteiger partial charge is 0.321 e. The van der Waals surface area contributed by atoms with Gasteiger partial charge in [-0.2, -0.15) is 0 Å². The van der Waals surface area contributed by atoms with Gasteiger partial charge in [-0.25, -0.2) is 9.79 Å². The van der Waals surface area contributed by atoms with E-state index >= 15 is 0 Å². The lowest BCUT2D eigenvalue weighted by molar-refractivity contribution is -0.119. The van der Waals surface area contributed by atoms with Crippen LogP contribution >= 0.6 is 11.6 Å². The van der Waals surface area contributed by atoms with Crippen molar-refractivity contribution in [3.63, 3.8) is 0 Å². The molecule has 0 aromatic heterocycles. The van der Waals surface area contributed by atoms with Crippen LogP contribution in [0.1, 0.15) is 16.7 Å². The Morgan fingerprint density at radius 3 is 2.48 bits per heavy atom. The fourth-order valence-electron chi connectivity index (χ4n) is 3.47. The van der Waals surface area contributed by atoms with Crippen molar-refractivity contribution in [2.24, 2.45) is 4.99 Å². The van der Waals surface area contributed by atoms with E-state index in [-0.39, 0.29) is 5.91 Å². The molecule has 2 N–H and O–H groups in total. The highest BCUT2D eigenvalue weighted by molar-refractivity contribution is 6.31. The van der Waals surface area contributed by atoms with Crippen LogP contribution < -0.4 is 15.5 Å². The fourth-order valence-corrected chi connectivity index (χ4v) is 3.64. The molecular formula is C24H21ClN4O2. The molecule has 1 atom stereocenters. The van der Waals surface area contributed by atoms with Gasteiger partial charge in [0.2, 0.25) is 6.17 Å². The number of rotatable bonds is 3. The van der Waals surface area contributed by atoms with Gasteiger partial charge in [-0.05, 0) is 30.7 Å². The summed E-state index contributed by atoms with van der Waals surface area (Å²) in [5.41, 5.74) is 4.35. The Hall–Kier alpha value is -3.64. The number of urea groups is 1. The number of nitrogens with zero attached hydrogens (tertiary/aromatic N) is 2. The van der Waals surface area contributed by atoms with Gasteiger partial charge in [0.1, 0.15) is 0 Å². The summed E-state index contributed by atoms with van der Waals surface area (Å²) in [7, 11) is 1.68. The van der Waals surface area contributed by atoms with Crippen LogP contribution in [-0.4, -0.2) is 30.9 Å². The molecule has 6 nitrogen and oxygen atoms in total. The van der Waals surface area contributed by atoms with Crippen molar-refractivity contribution < 1.29 is 9.59 Å². The van der Waals surface area contributed by atoms with Crippen molar-refractivity contribution in [2.45, 2.75) is 13.1 Å². The molecule has 1 aliphatic rings. The maximum absolute atomic E-state index is 13.1. The molecule has 0 fully saturated rings. The quantitative estimate of drug-likeness (QED) is 0.634. The third kappa shape index (κ3) is 4.15. The van der Waals surface area contributed by atoms with Crippen molar-refractivity contribution in [2.75, 3.05) is 17.3 Å². The van der Waals surface area contributed by atoms with Crippen LogP contribution in [0.5, 0.6) is 0 Å². The first-order valence-corrected chi connectivity index (χ1v) is 10.2. The lowest BCUT2D eigenvalue weighted by Gasteiger charge is -2.21. The highest BCUT2D eigenvalue weighted by Crippen LogP contribution is 2.27. The molecule has 0 saturated heterocycles. The molecule has 156 valence electrons. The maximum Gasteiger partial charge on any atom is 0.321 e. The van der Waals surface area contributed by atoms with E-state index in [0.717, 1.165) is 22.4 Å². The molecule has 0 radical (unpaired) electrons. The monoisotopic (exact) mass is 432 g/mol. The van der Waals surface area contributed by atoms with E-state index in [1.165, 1.54) is 4.90 Å². The summed E-state index contributed by atoms with van der Waals surface area (Å²) in [6.07, 6.45) is -1.09. The van der Waals surface area contributed by atoms with Gasteiger partial charge < -0.3 is 15.5 Å². The number of benzene rings is 3. The highest BCUT2D eigenvalue weighted by Gasteiger charge is 2.31. The first-order valence-electron chi connectivity index (χ1n) is 9.78. The zero-order valence-electron chi connectivity index (χ0n) is 17.1. The minimum atomic E-state index is -1.09. The number of likely N-dealkylation sites (N-methyl/N-ethyl adjacent to an activating group) is 1. The summed E-state index contributed by atoms with van der Waals surface area (Å²) in [4.78, 5) is 32.1. The van der Waals surface area contributed by atoms with E-state index in [0.29, 0.717) is 16.4 Å². The Morgan fingerprint density at radius 2 is 1.71 bits per heavy atom. The molecule has 3 aromatic rings. The number of aliphatic imine (C=N–C) groups is 1. The lowest BCUT2D eigenvalue weighted by atomic mass is 10.0. The molecule has 0 aliphatic carbocycles. The summed E-state index contributed by atoms with van der Waals surface area (Å²) in [5, 5.41) is 6.00. The minimum absolute atomic E-state index is 0.337. The second-order valence-electron chi connectivity index (χ2n) is 7.17. The van der Waals surface area contributed by atoms with Crippen LogP contribution in [0.15, 0.2) is 77.8 Å². The number of para-hydroxylation sites is 1. The van der Waals surface area contributed by atoms with Crippen LogP contribution in [0, 0.1) is 6.92 Å². The molecule has 0 bridgehead atoms. The number of halogens is 1. The number of carbonyl (C=O) groups is 2. The molecular weight excluding hydrogens is 412 g/mol. The Balaban J connectivity index is 1.69. The van der Waals surface area contributed by atoms with E-state index in [4.69, 9.17) is 11.6 Å². The third-order valence-electron chi connectivity index (χ3n) is 5.17. The van der Waals surface area contributed by atoms with E-state index in [2.05, 4.69) is 15.6 Å². The topological polar surface area (TPSA) is 73.8 Å². The number of benzodiazepines with no additional fused rings is 1. The van der Waals surface area contributed by atoms with E-state index in [1.807, 2.05) is 61.5 Å². The summed E-state index contributed by atoms with van der Waals surface area (Å²) < 4.78 is 0. The Kier molecular flexibility index (Phi) is 5.73. The Labute approximate surface area is 185 Å². The maximum atomic E-state index is 13.1. The second-order valence-corrected chi connectivity index (χ2v) is 7.58. The zero-order valence-corrected chi connectivity index (χ0v) is 17.9. The molecule has 0 unspecified atom stereocenters. The lowest BCUT2D eigenvalue weighted by Crippen LogP contribution is -2.47. The van der Waals surface area contributed by atoms with Gasteiger partial charge in [-0.1, -0.05) is 66.2 Å². The van der Waals surface area contributed by atoms with Gasteiger partial charge in [0.25, 0.3) is 5.91 Å². The first-order chi connectivity index (χ1) is 15.0. The summed E-state index contributed by atoms with van der Waals surface area (Å²) in [6.45, 7) is 1.81. The van der Waals surface area contributed by atoms with Crippen molar-refractivity contribution >= 4 is 40.6 Å². The fraction of sp³-hybridized carbons (Fsp3) is 0.125. The Bertz CT molecular complexity index is 1180. The molecule has 1 aliphatic heterocycles. The van der Waals surface area contributed by atoms with Crippen molar-refractivity contribution in [3.05, 3.63) is 94.5 Å². The average molecular weight is 433 g/mol. The summed E-state index contributed by atoms with van der Waals surface area (Å²) >= 11 is 6.14. The van der Waals surface area contributed by atoms with Gasteiger partial charge in [0.05, 0.1) is 11.4 Å². The standard InChI is InChI=1S/C24H21ClN4O2/c1-15-18(25)12-8-13-19(15)26-24(31)28-22-23(30)29(2)20-14-7-6-11-17(20)21(27-22)16-9-4-3-5-10-16/h3-14,22H,1-2H3,(H2,26,28,31)/t22-/m0/s1. The summed E-state index contributed by atoms with van der Waals surface area (Å²) in [5.74, 6) is -0.337. The van der Waals surface area contributed by atoms with Crippen LogP contribution in [0.4, 0.5) is 16.2 Å². The molecule has 31 heavy (non-hydrogen) atoms. The molecule has 0 saturated carbocycles. The molecule has 7 heteroatoms. The van der Waals surface area contributed by atoms with Gasteiger partial charge >= 0.3 is 6.03 Å². The molecule has 4 rings (SSSR count). The van der Waals surface area contributed by atoms with Crippen LogP contribution in [0.2, 0.25) is 5.02 Å². The SMILES string of the molecule is Cc1c(Cl)cccc1NC(=O)N[C@@H]1N=C(c2ccccc2)c2ccccc2N(C)C1=O. The number of fused-ring (bicyclic) bond motifs is 1. The van der Waals surface area contributed by atoms with Crippen LogP contribution in [0.25, 0.3) is 0 Å². The molecule has 3 aromatic carbocycles. The first kappa shape index (κ1) is 20.6. The zero-order chi connectivity index (χ0) is 22.0. The van der Waals surface area contributed by atoms with E-state index < -0.39 is 12.2 Å². The second kappa shape index (κ2) is 8.62. The van der Waals surface area contributed by atoms with Crippen molar-refractivity contribution in [1.82, 2.24) is 5.32 Å². The van der Waals surface area contributed by atoms with E-state index in [9.17, 15) is 9.59 Å². The van der Waals surface area contributed by atoms with Gasteiger partial charge in [0, 0.05) is 28.9 Å². The van der Waals surface area contributed by atoms with Crippen molar-refractivity contribution in [3.8, 4) is 0 Å². The van der Waals surface area contributed by atoms with Gasteiger partial charge in [-0.3, -0.25) is 4.79 Å². The molecule has 0 spiro atoms. The molecule has 3 amide bonds. The number of anilines is 2.